The molecule has 4 N–H and O–H groups in total. The summed E-state index contributed by atoms with van der Waals surface area (Å²) in [4.78, 5) is 4.92. The van der Waals surface area contributed by atoms with Gasteiger partial charge in [0.2, 0.25) is 0 Å². The Morgan fingerprint density at radius 2 is 1.67 bits per heavy atom. The predicted molar refractivity (Wildman–Crippen MR) is 103 cm³/mol. The summed E-state index contributed by atoms with van der Waals surface area (Å²) >= 11 is 0. The van der Waals surface area contributed by atoms with Crippen molar-refractivity contribution in [1.29, 1.82) is 0 Å². The fourth-order valence-electron chi connectivity index (χ4n) is 3.35. The lowest BCUT2D eigenvalue weighted by molar-refractivity contribution is 1.16. The van der Waals surface area contributed by atoms with Gasteiger partial charge in [-0.25, -0.2) is 4.98 Å². The van der Waals surface area contributed by atoms with Crippen molar-refractivity contribution in [3.8, 4) is 11.3 Å². The largest absolute Gasteiger partial charge is 0.399 e. The van der Waals surface area contributed by atoms with Gasteiger partial charge in [0.1, 0.15) is 0 Å². The molecule has 0 aliphatic carbocycles. The number of nitrogens with two attached hydrogens (primary N) is 2. The van der Waals surface area contributed by atoms with Crippen molar-refractivity contribution in [3.05, 3.63) is 66.2 Å². The lowest BCUT2D eigenvalue weighted by Crippen LogP contribution is -1.98. The quantitative estimate of drug-likeness (QED) is 0.413. The SMILES string of the molecule is CCc1ccc(N)c2c(-c3ccccc3)nc3ccc(N)cc3c12. The Kier molecular flexibility index (Phi) is 3.35. The molecule has 0 atom stereocenters. The van der Waals surface area contributed by atoms with Crippen LogP contribution in [0.1, 0.15) is 12.5 Å². The van der Waals surface area contributed by atoms with Crippen LogP contribution in [0.3, 0.4) is 0 Å². The van der Waals surface area contributed by atoms with Gasteiger partial charge < -0.3 is 11.5 Å². The number of nitrogen functional groups attached to an aromatic ring is 2. The summed E-state index contributed by atoms with van der Waals surface area (Å²) in [6.45, 7) is 2.16. The third-order valence-electron chi connectivity index (χ3n) is 4.51. The number of benzene rings is 3. The first-order chi connectivity index (χ1) is 11.7. The molecule has 0 aliphatic heterocycles. The van der Waals surface area contributed by atoms with Crippen molar-refractivity contribution in [2.45, 2.75) is 13.3 Å². The predicted octanol–water partition coefficient (Wildman–Crippen LogP) is 4.78. The van der Waals surface area contributed by atoms with E-state index in [0.717, 1.165) is 50.7 Å². The second-order valence-electron chi connectivity index (χ2n) is 6.02. The first kappa shape index (κ1) is 14.5. The maximum Gasteiger partial charge on any atom is 0.0808 e. The number of nitrogens with zero attached hydrogens (tertiary/aromatic N) is 1. The Balaban J connectivity index is 2.26. The second kappa shape index (κ2) is 5.53. The van der Waals surface area contributed by atoms with Crippen LogP contribution >= 0.6 is 0 Å². The zero-order chi connectivity index (χ0) is 16.7. The van der Waals surface area contributed by atoms with E-state index < -0.39 is 0 Å². The van der Waals surface area contributed by atoms with Crippen LogP contribution in [0.4, 0.5) is 11.4 Å². The molecule has 1 heterocycles. The molecule has 0 aliphatic rings. The van der Waals surface area contributed by atoms with E-state index in [9.17, 15) is 0 Å². The van der Waals surface area contributed by atoms with Crippen LogP contribution in [0.25, 0.3) is 32.9 Å². The van der Waals surface area contributed by atoms with E-state index in [-0.39, 0.29) is 0 Å². The van der Waals surface area contributed by atoms with Crippen LogP contribution in [0.5, 0.6) is 0 Å². The molecule has 24 heavy (non-hydrogen) atoms. The highest BCUT2D eigenvalue weighted by Gasteiger charge is 2.15. The van der Waals surface area contributed by atoms with Gasteiger partial charge in [-0.15, -0.1) is 0 Å². The van der Waals surface area contributed by atoms with E-state index in [0.29, 0.717) is 0 Å². The number of aryl methyl sites for hydroxylation is 1. The van der Waals surface area contributed by atoms with Crippen LogP contribution in [-0.4, -0.2) is 4.98 Å². The van der Waals surface area contributed by atoms with Crippen molar-refractivity contribution >= 4 is 33.1 Å². The lowest BCUT2D eigenvalue weighted by Gasteiger charge is -2.15. The zero-order valence-electron chi connectivity index (χ0n) is 13.6. The Morgan fingerprint density at radius 3 is 2.42 bits per heavy atom. The molecule has 0 spiro atoms. The minimum atomic E-state index is 0.738. The summed E-state index contributed by atoms with van der Waals surface area (Å²) in [5.74, 6) is 0. The van der Waals surface area contributed by atoms with Gasteiger partial charge in [-0.3, -0.25) is 0 Å². The highest BCUT2D eigenvalue weighted by atomic mass is 14.7. The molecule has 0 unspecified atom stereocenters. The summed E-state index contributed by atoms with van der Waals surface area (Å²) in [6.07, 6.45) is 0.929. The molecule has 4 rings (SSSR count). The van der Waals surface area contributed by atoms with Crippen LogP contribution in [0, 0.1) is 0 Å². The first-order valence-electron chi connectivity index (χ1n) is 8.14. The average Bonchev–Trinajstić information content (AvgIpc) is 2.62. The normalized spacial score (nSPS) is 11.2. The molecule has 0 amide bonds. The van der Waals surface area contributed by atoms with Crippen molar-refractivity contribution < 1.29 is 0 Å². The van der Waals surface area contributed by atoms with Crippen LogP contribution in [0.2, 0.25) is 0 Å². The topological polar surface area (TPSA) is 64.9 Å². The van der Waals surface area contributed by atoms with Crippen molar-refractivity contribution in [2.75, 3.05) is 11.5 Å². The van der Waals surface area contributed by atoms with E-state index in [1.54, 1.807) is 0 Å². The minimum Gasteiger partial charge on any atom is -0.399 e. The van der Waals surface area contributed by atoms with Gasteiger partial charge in [0.05, 0.1) is 11.2 Å². The van der Waals surface area contributed by atoms with Crippen molar-refractivity contribution in [2.24, 2.45) is 0 Å². The highest BCUT2D eigenvalue weighted by Crippen LogP contribution is 2.38. The summed E-state index contributed by atoms with van der Waals surface area (Å²) in [7, 11) is 0. The fraction of sp³-hybridized carbons (Fsp3) is 0.0952. The zero-order valence-corrected chi connectivity index (χ0v) is 13.6. The molecule has 0 radical (unpaired) electrons. The van der Waals surface area contributed by atoms with Gasteiger partial charge in [-0.05, 0) is 41.6 Å². The molecule has 4 aromatic rings. The molecule has 0 saturated carbocycles. The Hall–Kier alpha value is -3.07. The molecule has 118 valence electrons. The Bertz CT molecular complexity index is 1050. The van der Waals surface area contributed by atoms with Gasteiger partial charge in [-0.2, -0.15) is 0 Å². The molecule has 3 heteroatoms. The summed E-state index contributed by atoms with van der Waals surface area (Å²) in [6, 6.07) is 20.2. The monoisotopic (exact) mass is 313 g/mol. The maximum atomic E-state index is 6.38. The van der Waals surface area contributed by atoms with Gasteiger partial charge in [-0.1, -0.05) is 43.3 Å². The van der Waals surface area contributed by atoms with Gasteiger partial charge in [0.25, 0.3) is 0 Å². The van der Waals surface area contributed by atoms with E-state index in [1.807, 2.05) is 42.5 Å². The van der Waals surface area contributed by atoms with Gasteiger partial charge >= 0.3 is 0 Å². The lowest BCUT2D eigenvalue weighted by atomic mass is 9.94. The van der Waals surface area contributed by atoms with Crippen molar-refractivity contribution in [3.63, 3.8) is 0 Å². The minimum absolute atomic E-state index is 0.738. The molecule has 3 aromatic carbocycles. The third-order valence-corrected chi connectivity index (χ3v) is 4.51. The number of rotatable bonds is 2. The van der Waals surface area contributed by atoms with Crippen LogP contribution < -0.4 is 11.5 Å². The van der Waals surface area contributed by atoms with E-state index >= 15 is 0 Å². The smallest absolute Gasteiger partial charge is 0.0808 e. The number of pyridine rings is 1. The number of fused-ring (bicyclic) bond motifs is 3. The molecular weight excluding hydrogens is 294 g/mol. The average molecular weight is 313 g/mol. The Morgan fingerprint density at radius 1 is 0.875 bits per heavy atom. The highest BCUT2D eigenvalue weighted by molar-refractivity contribution is 6.16. The van der Waals surface area contributed by atoms with Crippen LogP contribution in [-0.2, 0) is 6.42 Å². The molecule has 0 saturated heterocycles. The number of aromatic nitrogens is 1. The molecular formula is C21H19N3. The summed E-state index contributed by atoms with van der Waals surface area (Å²) in [5.41, 5.74) is 18.1. The number of anilines is 2. The second-order valence-corrected chi connectivity index (χ2v) is 6.02. The Labute approximate surface area is 140 Å². The third kappa shape index (κ3) is 2.17. The standard InChI is InChI=1S/C21H19N3/c1-2-13-8-10-17(23)20-19(13)16-12-15(22)9-11-18(16)24-21(20)14-6-4-3-5-7-14/h3-12H,2,22-23H2,1H3. The summed E-state index contributed by atoms with van der Waals surface area (Å²) in [5, 5.41) is 3.24. The van der Waals surface area contributed by atoms with E-state index in [4.69, 9.17) is 16.5 Å². The first-order valence-corrected chi connectivity index (χ1v) is 8.14. The fourth-order valence-corrected chi connectivity index (χ4v) is 3.35. The molecule has 3 nitrogen and oxygen atoms in total. The summed E-state index contributed by atoms with van der Waals surface area (Å²) < 4.78 is 0. The number of hydrogen-bond donors (Lipinski definition) is 2. The van der Waals surface area contributed by atoms with E-state index in [1.165, 1.54) is 5.56 Å². The van der Waals surface area contributed by atoms with Crippen LogP contribution in [0.15, 0.2) is 60.7 Å². The van der Waals surface area contributed by atoms with Gasteiger partial charge in [0.15, 0.2) is 0 Å². The maximum absolute atomic E-state index is 6.38. The molecule has 0 fully saturated rings. The molecule has 1 aromatic heterocycles. The van der Waals surface area contributed by atoms with Crippen molar-refractivity contribution in [1.82, 2.24) is 4.98 Å². The number of hydrogen-bond acceptors (Lipinski definition) is 3. The van der Waals surface area contributed by atoms with E-state index in [2.05, 4.69) is 25.1 Å². The molecule has 0 bridgehead atoms. The van der Waals surface area contributed by atoms with Gasteiger partial charge in [0, 0.05) is 27.7 Å².